The number of carbonyl (C=O) groups excluding carboxylic acids is 1. The van der Waals surface area contributed by atoms with Crippen LogP contribution in [0.25, 0.3) is 0 Å². The van der Waals surface area contributed by atoms with Gasteiger partial charge in [0.15, 0.2) is 0 Å². The highest BCUT2D eigenvalue weighted by Gasteiger charge is 2.22. The molecule has 0 saturated carbocycles. The van der Waals surface area contributed by atoms with E-state index < -0.39 is 0 Å². The number of pyridine rings is 1. The average Bonchev–Trinajstić information content (AvgIpc) is 2.43. The number of aryl methyl sites for hydroxylation is 2. The van der Waals surface area contributed by atoms with Gasteiger partial charge in [0.1, 0.15) is 0 Å². The van der Waals surface area contributed by atoms with E-state index in [1.165, 1.54) is 12.8 Å². The normalized spacial score (nSPS) is 18.6. The maximum Gasteiger partial charge on any atom is 0.224 e. The number of nitrogens with one attached hydrogen (secondary N) is 2. The lowest BCUT2D eigenvalue weighted by atomic mass is 9.85. The Labute approximate surface area is 145 Å². The van der Waals surface area contributed by atoms with Crippen molar-refractivity contribution in [1.82, 2.24) is 10.3 Å². The molecule has 1 fully saturated rings. The molecule has 1 saturated heterocycles. The highest BCUT2D eigenvalue weighted by atomic mass is 35.5. The third-order valence-corrected chi connectivity index (χ3v) is 4.15. The van der Waals surface area contributed by atoms with E-state index in [0.29, 0.717) is 18.3 Å². The van der Waals surface area contributed by atoms with Gasteiger partial charge in [-0.3, -0.25) is 9.78 Å². The van der Waals surface area contributed by atoms with Gasteiger partial charge in [0, 0.05) is 12.1 Å². The molecule has 0 aromatic carbocycles. The Morgan fingerprint density at radius 1 is 1.41 bits per heavy atom. The topological polar surface area (TPSA) is 54.0 Å². The zero-order chi connectivity index (χ0) is 14.5. The summed E-state index contributed by atoms with van der Waals surface area (Å²) in [5.74, 6) is 1.13. The van der Waals surface area contributed by atoms with Gasteiger partial charge in [0.2, 0.25) is 5.91 Å². The fraction of sp³-hybridized carbons (Fsp3) is 0.625. The van der Waals surface area contributed by atoms with Gasteiger partial charge in [-0.05, 0) is 63.7 Å². The molecule has 0 spiro atoms. The Morgan fingerprint density at radius 3 is 2.73 bits per heavy atom. The summed E-state index contributed by atoms with van der Waals surface area (Å²) in [5, 5.41) is 6.40. The van der Waals surface area contributed by atoms with Crippen LogP contribution < -0.4 is 10.6 Å². The smallest absolute Gasteiger partial charge is 0.224 e. The minimum Gasteiger partial charge on any atom is -0.324 e. The van der Waals surface area contributed by atoms with Crippen LogP contribution in [-0.2, 0) is 4.79 Å². The second kappa shape index (κ2) is 10.0. The third-order valence-electron chi connectivity index (χ3n) is 4.15. The zero-order valence-electron chi connectivity index (χ0n) is 13.5. The number of hydrogen-bond acceptors (Lipinski definition) is 3. The first-order valence-electron chi connectivity index (χ1n) is 7.51. The van der Waals surface area contributed by atoms with Crippen molar-refractivity contribution in [3.8, 4) is 0 Å². The standard InChI is InChI=1S/C16H25N3O.2ClH/c1-11(14-5-4-8-17-10-14)9-16(20)19-15-7-6-12(2)18-13(15)3;;/h6-7,11,14,17H,4-5,8-10H2,1-3H3,(H,19,20);2*1H. The van der Waals surface area contributed by atoms with Gasteiger partial charge >= 0.3 is 0 Å². The predicted octanol–water partition coefficient (Wildman–Crippen LogP) is 3.51. The van der Waals surface area contributed by atoms with Gasteiger partial charge in [-0.1, -0.05) is 6.92 Å². The van der Waals surface area contributed by atoms with Crippen molar-refractivity contribution in [2.24, 2.45) is 11.8 Å². The molecule has 0 radical (unpaired) electrons. The van der Waals surface area contributed by atoms with Crippen LogP contribution in [0.2, 0.25) is 0 Å². The Hall–Kier alpha value is -0.840. The quantitative estimate of drug-likeness (QED) is 0.876. The zero-order valence-corrected chi connectivity index (χ0v) is 15.1. The lowest BCUT2D eigenvalue weighted by molar-refractivity contribution is -0.117. The largest absolute Gasteiger partial charge is 0.324 e. The first-order valence-corrected chi connectivity index (χ1v) is 7.51. The lowest BCUT2D eigenvalue weighted by Crippen LogP contribution is -2.34. The summed E-state index contributed by atoms with van der Waals surface area (Å²) in [5.41, 5.74) is 2.68. The Morgan fingerprint density at radius 2 is 2.14 bits per heavy atom. The second-order valence-corrected chi connectivity index (χ2v) is 5.92. The van der Waals surface area contributed by atoms with Crippen molar-refractivity contribution in [3.05, 3.63) is 23.5 Å². The molecule has 2 N–H and O–H groups in total. The number of carbonyl (C=O) groups is 1. The summed E-state index contributed by atoms with van der Waals surface area (Å²) in [4.78, 5) is 16.5. The number of rotatable bonds is 4. The number of nitrogens with zero attached hydrogens (tertiary/aromatic N) is 1. The van der Waals surface area contributed by atoms with Crippen LogP contribution in [0.15, 0.2) is 12.1 Å². The number of aromatic nitrogens is 1. The van der Waals surface area contributed by atoms with Gasteiger partial charge in [-0.2, -0.15) is 0 Å². The molecule has 1 aromatic heterocycles. The lowest BCUT2D eigenvalue weighted by Gasteiger charge is -2.28. The van der Waals surface area contributed by atoms with Crippen molar-refractivity contribution in [2.75, 3.05) is 18.4 Å². The summed E-state index contributed by atoms with van der Waals surface area (Å²) in [7, 11) is 0. The number of amides is 1. The number of anilines is 1. The second-order valence-electron chi connectivity index (χ2n) is 5.92. The molecule has 2 rings (SSSR count). The number of halogens is 2. The Balaban J connectivity index is 0.00000220. The summed E-state index contributed by atoms with van der Waals surface area (Å²) in [6.07, 6.45) is 3.03. The SMILES string of the molecule is Cc1ccc(NC(=O)CC(C)C2CCCNC2)c(C)n1.Cl.Cl. The van der Waals surface area contributed by atoms with Crippen molar-refractivity contribution in [2.45, 2.75) is 40.0 Å². The molecule has 4 nitrogen and oxygen atoms in total. The molecule has 126 valence electrons. The van der Waals surface area contributed by atoms with Crippen LogP contribution >= 0.6 is 24.8 Å². The van der Waals surface area contributed by atoms with E-state index >= 15 is 0 Å². The average molecular weight is 348 g/mol. The van der Waals surface area contributed by atoms with Crippen LogP contribution in [0, 0.1) is 25.7 Å². The van der Waals surface area contributed by atoms with E-state index in [1.54, 1.807) is 0 Å². The monoisotopic (exact) mass is 347 g/mol. The van der Waals surface area contributed by atoms with Crippen molar-refractivity contribution < 1.29 is 4.79 Å². The molecule has 0 aliphatic carbocycles. The van der Waals surface area contributed by atoms with Crippen LogP contribution in [0.5, 0.6) is 0 Å². The number of piperidine rings is 1. The molecular formula is C16H27Cl2N3O. The summed E-state index contributed by atoms with van der Waals surface area (Å²) >= 11 is 0. The van der Waals surface area contributed by atoms with Crippen LogP contribution in [-0.4, -0.2) is 24.0 Å². The minimum atomic E-state index is 0. The first kappa shape index (κ1) is 21.2. The van der Waals surface area contributed by atoms with E-state index in [1.807, 2.05) is 26.0 Å². The predicted molar refractivity (Wildman–Crippen MR) is 96.2 cm³/mol. The van der Waals surface area contributed by atoms with E-state index in [4.69, 9.17) is 0 Å². The van der Waals surface area contributed by atoms with Crippen LogP contribution in [0.1, 0.15) is 37.6 Å². The Bertz CT molecular complexity index is 476. The molecule has 1 aliphatic heterocycles. The van der Waals surface area contributed by atoms with Crippen molar-refractivity contribution >= 4 is 36.4 Å². The van der Waals surface area contributed by atoms with Gasteiger partial charge in [0.25, 0.3) is 0 Å². The van der Waals surface area contributed by atoms with Gasteiger partial charge in [-0.15, -0.1) is 24.8 Å². The highest BCUT2D eigenvalue weighted by Crippen LogP contribution is 2.23. The summed E-state index contributed by atoms with van der Waals surface area (Å²) in [6, 6.07) is 3.86. The Kier molecular flexibility index (Phi) is 9.65. The van der Waals surface area contributed by atoms with E-state index in [2.05, 4.69) is 22.5 Å². The van der Waals surface area contributed by atoms with E-state index in [0.717, 1.165) is 30.2 Å². The van der Waals surface area contributed by atoms with Gasteiger partial charge < -0.3 is 10.6 Å². The van der Waals surface area contributed by atoms with Gasteiger partial charge in [-0.25, -0.2) is 0 Å². The van der Waals surface area contributed by atoms with Crippen molar-refractivity contribution in [3.63, 3.8) is 0 Å². The molecule has 0 bridgehead atoms. The molecular weight excluding hydrogens is 321 g/mol. The fourth-order valence-electron chi connectivity index (χ4n) is 2.84. The molecule has 22 heavy (non-hydrogen) atoms. The molecule has 1 aromatic rings. The van der Waals surface area contributed by atoms with Crippen LogP contribution in [0.3, 0.4) is 0 Å². The first-order chi connectivity index (χ1) is 9.56. The molecule has 2 unspecified atom stereocenters. The fourth-order valence-corrected chi connectivity index (χ4v) is 2.84. The number of hydrogen-bond donors (Lipinski definition) is 2. The van der Waals surface area contributed by atoms with Crippen molar-refractivity contribution in [1.29, 1.82) is 0 Å². The maximum absolute atomic E-state index is 12.1. The van der Waals surface area contributed by atoms with Gasteiger partial charge in [0.05, 0.1) is 11.4 Å². The summed E-state index contributed by atoms with van der Waals surface area (Å²) in [6.45, 7) is 8.22. The molecule has 1 amide bonds. The molecule has 2 atom stereocenters. The minimum absolute atomic E-state index is 0. The summed E-state index contributed by atoms with van der Waals surface area (Å²) < 4.78 is 0. The van der Waals surface area contributed by atoms with Crippen LogP contribution in [0.4, 0.5) is 5.69 Å². The highest BCUT2D eigenvalue weighted by molar-refractivity contribution is 5.91. The van der Waals surface area contributed by atoms with E-state index in [9.17, 15) is 4.79 Å². The van der Waals surface area contributed by atoms with E-state index in [-0.39, 0.29) is 30.7 Å². The third kappa shape index (κ3) is 6.11. The maximum atomic E-state index is 12.1. The molecule has 2 heterocycles. The molecule has 1 aliphatic rings. The molecule has 6 heteroatoms.